The minimum atomic E-state index is 0.688. The van der Waals surface area contributed by atoms with E-state index < -0.39 is 0 Å². The van der Waals surface area contributed by atoms with E-state index in [-0.39, 0.29) is 0 Å². The van der Waals surface area contributed by atoms with Crippen LogP contribution in [0, 0.1) is 13.8 Å². The van der Waals surface area contributed by atoms with Crippen LogP contribution < -0.4 is 5.32 Å². The van der Waals surface area contributed by atoms with Crippen LogP contribution in [0.25, 0.3) is 0 Å². The molecule has 3 heteroatoms. The highest BCUT2D eigenvalue weighted by Gasteiger charge is 2.05. The molecule has 2 nitrogen and oxygen atoms in total. The van der Waals surface area contributed by atoms with Gasteiger partial charge in [-0.3, -0.25) is 0 Å². The molecule has 1 atom stereocenters. The molecule has 0 saturated heterocycles. The van der Waals surface area contributed by atoms with Gasteiger partial charge >= 0.3 is 0 Å². The molecule has 1 unspecified atom stereocenters. The third-order valence-corrected chi connectivity index (χ3v) is 4.19. The van der Waals surface area contributed by atoms with Gasteiger partial charge in [-0.1, -0.05) is 13.8 Å². The minimum absolute atomic E-state index is 0.688. The van der Waals surface area contributed by atoms with Crippen molar-refractivity contribution in [2.75, 3.05) is 12.3 Å². The highest BCUT2D eigenvalue weighted by molar-refractivity contribution is 7.99. The summed E-state index contributed by atoms with van der Waals surface area (Å²) >= 11 is 1.89. The first-order valence-corrected chi connectivity index (χ1v) is 8.45. The summed E-state index contributed by atoms with van der Waals surface area (Å²) in [6.07, 6.45) is 4.98. The van der Waals surface area contributed by atoms with E-state index in [0.29, 0.717) is 6.04 Å². The Morgan fingerprint density at radius 3 is 2.68 bits per heavy atom. The first kappa shape index (κ1) is 16.5. The molecule has 108 valence electrons. The molecule has 0 spiro atoms. The van der Waals surface area contributed by atoms with Gasteiger partial charge in [-0.05, 0) is 69.5 Å². The van der Waals surface area contributed by atoms with Gasteiger partial charge in [0.25, 0.3) is 0 Å². The lowest BCUT2D eigenvalue weighted by atomic mass is 10.1. The summed E-state index contributed by atoms with van der Waals surface area (Å²) in [5.74, 6) is 1.17. The van der Waals surface area contributed by atoms with E-state index in [0.717, 1.165) is 12.2 Å². The van der Waals surface area contributed by atoms with E-state index in [1.165, 1.54) is 42.0 Å². The normalized spacial score (nSPS) is 12.6. The van der Waals surface area contributed by atoms with Gasteiger partial charge in [0.05, 0.1) is 5.03 Å². The fraction of sp³-hybridized carbons (Fsp3) is 0.688. The van der Waals surface area contributed by atoms with Gasteiger partial charge in [0.15, 0.2) is 0 Å². The van der Waals surface area contributed by atoms with Crippen molar-refractivity contribution in [1.29, 1.82) is 0 Å². The van der Waals surface area contributed by atoms with Gasteiger partial charge < -0.3 is 5.32 Å². The maximum Gasteiger partial charge on any atom is 0.0965 e. The Morgan fingerprint density at radius 1 is 1.26 bits per heavy atom. The lowest BCUT2D eigenvalue weighted by Gasteiger charge is -2.16. The highest BCUT2D eigenvalue weighted by atomic mass is 32.2. The van der Waals surface area contributed by atoms with Gasteiger partial charge in [0.2, 0.25) is 0 Å². The molecule has 0 radical (unpaired) electrons. The van der Waals surface area contributed by atoms with Crippen molar-refractivity contribution in [3.63, 3.8) is 0 Å². The number of nitrogens with one attached hydrogen (secondary N) is 1. The van der Waals surface area contributed by atoms with Gasteiger partial charge in [-0.2, -0.15) is 0 Å². The molecule has 0 aromatic carbocycles. The van der Waals surface area contributed by atoms with Crippen LogP contribution >= 0.6 is 11.8 Å². The maximum atomic E-state index is 4.57. The van der Waals surface area contributed by atoms with Gasteiger partial charge in [0.1, 0.15) is 0 Å². The number of thioether (sulfide) groups is 1. The molecule has 1 heterocycles. The van der Waals surface area contributed by atoms with E-state index in [9.17, 15) is 0 Å². The molecule has 0 aliphatic rings. The minimum Gasteiger partial charge on any atom is -0.314 e. The molecule has 1 aromatic rings. The zero-order valence-electron chi connectivity index (χ0n) is 12.8. The second-order valence-corrected chi connectivity index (χ2v) is 6.29. The van der Waals surface area contributed by atoms with Crippen molar-refractivity contribution < 1.29 is 0 Å². The third-order valence-electron chi connectivity index (χ3n) is 3.20. The fourth-order valence-electron chi connectivity index (χ4n) is 2.18. The lowest BCUT2D eigenvalue weighted by Crippen LogP contribution is -2.29. The summed E-state index contributed by atoms with van der Waals surface area (Å²) in [4.78, 5) is 4.57. The number of nitrogens with zero attached hydrogens (tertiary/aromatic N) is 1. The van der Waals surface area contributed by atoms with Gasteiger partial charge in [-0.15, -0.1) is 11.8 Å². The van der Waals surface area contributed by atoms with E-state index in [2.05, 4.69) is 50.1 Å². The average Bonchev–Trinajstić information content (AvgIpc) is 2.37. The average molecular weight is 280 g/mol. The van der Waals surface area contributed by atoms with Crippen molar-refractivity contribution in [2.45, 2.75) is 64.4 Å². The predicted octanol–water partition coefficient (Wildman–Crippen LogP) is 4.35. The largest absolute Gasteiger partial charge is 0.314 e. The van der Waals surface area contributed by atoms with Gasteiger partial charge in [-0.25, -0.2) is 4.98 Å². The van der Waals surface area contributed by atoms with Crippen molar-refractivity contribution in [3.05, 3.63) is 23.4 Å². The Morgan fingerprint density at radius 2 is 2.05 bits per heavy atom. The van der Waals surface area contributed by atoms with Crippen molar-refractivity contribution >= 4 is 11.8 Å². The predicted molar refractivity (Wildman–Crippen MR) is 86.0 cm³/mol. The fourth-order valence-corrected chi connectivity index (χ4v) is 3.18. The topological polar surface area (TPSA) is 24.9 Å². The van der Waals surface area contributed by atoms with Crippen LogP contribution in [0.1, 0.15) is 50.8 Å². The molecule has 0 fully saturated rings. The van der Waals surface area contributed by atoms with Crippen LogP contribution in [0.2, 0.25) is 0 Å². The second-order valence-electron chi connectivity index (χ2n) is 5.17. The molecule has 1 N–H and O–H groups in total. The second kappa shape index (κ2) is 9.38. The lowest BCUT2D eigenvalue weighted by molar-refractivity contribution is 0.465. The van der Waals surface area contributed by atoms with E-state index >= 15 is 0 Å². The molecule has 0 aliphatic carbocycles. The van der Waals surface area contributed by atoms with Crippen molar-refractivity contribution in [1.82, 2.24) is 10.3 Å². The zero-order chi connectivity index (χ0) is 14.1. The molecular weight excluding hydrogens is 252 g/mol. The molecule has 0 bridgehead atoms. The Hall–Kier alpha value is -0.540. The van der Waals surface area contributed by atoms with E-state index in [1.54, 1.807) is 0 Å². The summed E-state index contributed by atoms with van der Waals surface area (Å²) in [7, 11) is 0. The number of aryl methyl sites for hydroxylation is 2. The van der Waals surface area contributed by atoms with E-state index in [4.69, 9.17) is 0 Å². The molecule has 0 amide bonds. The Bertz CT molecular complexity index is 346. The van der Waals surface area contributed by atoms with E-state index in [1.807, 2.05) is 11.8 Å². The highest BCUT2D eigenvalue weighted by Crippen LogP contribution is 2.19. The summed E-state index contributed by atoms with van der Waals surface area (Å²) in [5.41, 5.74) is 2.43. The third kappa shape index (κ3) is 6.98. The van der Waals surface area contributed by atoms with Crippen LogP contribution in [-0.2, 0) is 0 Å². The number of hydrogen-bond acceptors (Lipinski definition) is 3. The van der Waals surface area contributed by atoms with Crippen LogP contribution in [0.4, 0.5) is 0 Å². The number of aromatic nitrogens is 1. The van der Waals surface area contributed by atoms with Crippen molar-refractivity contribution in [3.8, 4) is 0 Å². The SMILES string of the molecule is CCCNC(CC)CCCSc1cc(C)cc(C)n1. The monoisotopic (exact) mass is 280 g/mol. The molecular formula is C16H28N2S. The van der Waals surface area contributed by atoms with Crippen LogP contribution in [0.3, 0.4) is 0 Å². The smallest absolute Gasteiger partial charge is 0.0965 e. The molecule has 0 saturated carbocycles. The standard InChI is InChI=1S/C16H28N2S/c1-5-9-17-15(6-2)8-7-10-19-16-12-13(3)11-14(4)18-16/h11-12,15,17H,5-10H2,1-4H3. The summed E-state index contributed by atoms with van der Waals surface area (Å²) in [6, 6.07) is 5.00. The Kier molecular flexibility index (Phi) is 8.15. The Balaban J connectivity index is 2.25. The van der Waals surface area contributed by atoms with Gasteiger partial charge in [0, 0.05) is 11.7 Å². The number of pyridine rings is 1. The molecule has 1 aromatic heterocycles. The summed E-state index contributed by atoms with van der Waals surface area (Å²) in [5, 5.41) is 4.78. The quantitative estimate of drug-likeness (QED) is 0.538. The zero-order valence-corrected chi connectivity index (χ0v) is 13.6. The van der Waals surface area contributed by atoms with Crippen molar-refractivity contribution in [2.24, 2.45) is 0 Å². The molecule has 19 heavy (non-hydrogen) atoms. The molecule has 1 rings (SSSR count). The summed E-state index contributed by atoms with van der Waals surface area (Å²) in [6.45, 7) is 9.84. The number of hydrogen-bond donors (Lipinski definition) is 1. The van der Waals surface area contributed by atoms with Crippen LogP contribution in [0.15, 0.2) is 17.2 Å². The first-order valence-electron chi connectivity index (χ1n) is 7.47. The van der Waals surface area contributed by atoms with Crippen LogP contribution in [-0.4, -0.2) is 23.3 Å². The van der Waals surface area contributed by atoms with Crippen LogP contribution in [0.5, 0.6) is 0 Å². The maximum absolute atomic E-state index is 4.57. The number of rotatable bonds is 9. The first-order chi connectivity index (χ1) is 9.15. The summed E-state index contributed by atoms with van der Waals surface area (Å²) < 4.78 is 0. The molecule has 0 aliphatic heterocycles. The Labute approximate surface area is 122 Å².